The second-order valence-corrected chi connectivity index (χ2v) is 10.1. The first kappa shape index (κ1) is 24.7. The number of nitrogens with zero attached hydrogens (tertiary/aromatic N) is 3. The molecule has 4 amide bonds. The normalized spacial score (nSPS) is 19.7. The van der Waals surface area contributed by atoms with Crippen molar-refractivity contribution in [2.24, 2.45) is 0 Å². The average Bonchev–Trinajstić information content (AvgIpc) is 3.62. The van der Waals surface area contributed by atoms with Gasteiger partial charge in [-0.3, -0.25) is 14.5 Å². The van der Waals surface area contributed by atoms with Crippen LogP contribution in [0.5, 0.6) is 11.5 Å². The van der Waals surface area contributed by atoms with Crippen LogP contribution < -0.4 is 10.1 Å². The van der Waals surface area contributed by atoms with Gasteiger partial charge in [0.15, 0.2) is 0 Å². The topological polar surface area (TPSA) is 82.2 Å². The lowest BCUT2D eigenvalue weighted by molar-refractivity contribution is -0.142. The predicted octanol–water partition coefficient (Wildman–Crippen LogP) is 4.64. The molecule has 3 aliphatic heterocycles. The Kier molecular flexibility index (Phi) is 6.52. The van der Waals surface area contributed by atoms with E-state index in [4.69, 9.17) is 4.74 Å². The minimum absolute atomic E-state index is 0.0800. The van der Waals surface area contributed by atoms with Crippen LogP contribution in [0.15, 0.2) is 96.2 Å². The summed E-state index contributed by atoms with van der Waals surface area (Å²) in [5.41, 5.74) is 2.58. The lowest BCUT2D eigenvalue weighted by Crippen LogP contribution is -2.45. The highest BCUT2D eigenvalue weighted by Gasteiger charge is 2.47. The number of para-hydroxylation sites is 1. The van der Waals surface area contributed by atoms with Gasteiger partial charge < -0.3 is 19.9 Å². The Hall–Kier alpha value is -4.59. The van der Waals surface area contributed by atoms with Crippen LogP contribution in [-0.2, 0) is 9.59 Å². The standard InChI is InChI=1S/C31H30N4O4/c1-33-25-20-35(28(21-11-4-2-5-12-21)30(37)34-17-8-9-18-34)29(36)26(25)27(32-31(33)38)22-13-10-16-24(19-22)39-23-14-6-3-7-15-23/h2-7,10-16,19,27-28H,8-9,17-18,20H2,1H3,(H,32,38). The maximum atomic E-state index is 14.2. The molecule has 6 rings (SSSR count). The molecule has 0 radical (unpaired) electrons. The van der Waals surface area contributed by atoms with Crippen molar-refractivity contribution < 1.29 is 19.1 Å². The SMILES string of the molecule is CN1C(=O)NC(c2cccc(Oc3ccccc3)c2)C2=C1CN(C(C(=O)N1CCCC1)c1ccccc1)C2=O. The molecule has 1 fully saturated rings. The van der Waals surface area contributed by atoms with Gasteiger partial charge in [-0.2, -0.15) is 0 Å². The Balaban J connectivity index is 1.35. The van der Waals surface area contributed by atoms with Crippen LogP contribution in [0.3, 0.4) is 0 Å². The molecular weight excluding hydrogens is 492 g/mol. The maximum Gasteiger partial charge on any atom is 0.322 e. The molecule has 0 saturated carbocycles. The van der Waals surface area contributed by atoms with Crippen LogP contribution >= 0.6 is 0 Å². The minimum atomic E-state index is -0.765. The molecule has 2 atom stereocenters. The number of amides is 4. The van der Waals surface area contributed by atoms with E-state index in [1.807, 2.05) is 89.8 Å². The van der Waals surface area contributed by atoms with E-state index in [0.717, 1.165) is 24.0 Å². The smallest absolute Gasteiger partial charge is 0.322 e. The predicted molar refractivity (Wildman–Crippen MR) is 146 cm³/mol. The molecule has 0 spiro atoms. The largest absolute Gasteiger partial charge is 0.457 e. The molecule has 3 heterocycles. The van der Waals surface area contributed by atoms with Gasteiger partial charge in [0.2, 0.25) is 5.91 Å². The number of nitrogens with one attached hydrogen (secondary N) is 1. The molecule has 3 aliphatic rings. The third-order valence-electron chi connectivity index (χ3n) is 7.64. The van der Waals surface area contributed by atoms with Crippen LogP contribution in [0.25, 0.3) is 0 Å². The van der Waals surface area contributed by atoms with Crippen molar-refractivity contribution in [2.45, 2.75) is 24.9 Å². The first-order valence-electron chi connectivity index (χ1n) is 13.3. The van der Waals surface area contributed by atoms with Gasteiger partial charge in [0.25, 0.3) is 5.91 Å². The summed E-state index contributed by atoms with van der Waals surface area (Å²) in [6, 6.07) is 24.5. The number of hydrogen-bond donors (Lipinski definition) is 1. The van der Waals surface area contributed by atoms with E-state index in [2.05, 4.69) is 5.32 Å². The van der Waals surface area contributed by atoms with Crippen LogP contribution in [-0.4, -0.2) is 59.2 Å². The van der Waals surface area contributed by atoms with Crippen molar-refractivity contribution in [2.75, 3.05) is 26.7 Å². The highest BCUT2D eigenvalue weighted by molar-refractivity contribution is 6.03. The summed E-state index contributed by atoms with van der Waals surface area (Å²) >= 11 is 0. The van der Waals surface area contributed by atoms with E-state index in [-0.39, 0.29) is 24.4 Å². The maximum absolute atomic E-state index is 14.2. The molecule has 8 heteroatoms. The first-order valence-corrected chi connectivity index (χ1v) is 13.3. The van der Waals surface area contributed by atoms with E-state index in [9.17, 15) is 14.4 Å². The Labute approximate surface area is 227 Å². The van der Waals surface area contributed by atoms with E-state index in [1.54, 1.807) is 11.9 Å². The molecule has 1 N–H and O–H groups in total. The fraction of sp³-hybridized carbons (Fsp3) is 0.258. The van der Waals surface area contributed by atoms with E-state index in [1.165, 1.54) is 4.90 Å². The molecule has 0 aromatic heterocycles. The van der Waals surface area contributed by atoms with Gasteiger partial charge in [0.1, 0.15) is 17.5 Å². The fourth-order valence-corrected chi connectivity index (χ4v) is 5.63. The molecule has 8 nitrogen and oxygen atoms in total. The summed E-state index contributed by atoms with van der Waals surface area (Å²) < 4.78 is 6.02. The van der Waals surface area contributed by atoms with E-state index >= 15 is 0 Å². The number of hydrogen-bond acceptors (Lipinski definition) is 4. The van der Waals surface area contributed by atoms with Crippen molar-refractivity contribution in [1.29, 1.82) is 0 Å². The number of benzene rings is 3. The van der Waals surface area contributed by atoms with Crippen LogP contribution in [0.1, 0.15) is 36.1 Å². The Bertz CT molecular complexity index is 1430. The van der Waals surface area contributed by atoms with Gasteiger partial charge in [-0.1, -0.05) is 60.7 Å². The second-order valence-electron chi connectivity index (χ2n) is 10.1. The number of rotatable bonds is 6. The van der Waals surface area contributed by atoms with Crippen molar-refractivity contribution in [3.63, 3.8) is 0 Å². The zero-order valence-electron chi connectivity index (χ0n) is 21.7. The minimum Gasteiger partial charge on any atom is -0.457 e. The number of likely N-dealkylation sites (N-methyl/N-ethyl adjacent to an activating group) is 1. The van der Waals surface area contributed by atoms with Gasteiger partial charge >= 0.3 is 6.03 Å². The molecule has 1 saturated heterocycles. The second kappa shape index (κ2) is 10.3. The van der Waals surface area contributed by atoms with Gasteiger partial charge in [-0.15, -0.1) is 0 Å². The highest BCUT2D eigenvalue weighted by Crippen LogP contribution is 2.40. The number of carbonyl (C=O) groups is 3. The summed E-state index contributed by atoms with van der Waals surface area (Å²) in [5, 5.41) is 2.99. The molecule has 0 bridgehead atoms. The molecule has 39 heavy (non-hydrogen) atoms. The molecular formula is C31H30N4O4. The van der Waals surface area contributed by atoms with E-state index in [0.29, 0.717) is 35.9 Å². The Morgan fingerprint density at radius 2 is 1.56 bits per heavy atom. The van der Waals surface area contributed by atoms with Crippen LogP contribution in [0.4, 0.5) is 4.79 Å². The molecule has 0 aliphatic carbocycles. The summed E-state index contributed by atoms with van der Waals surface area (Å²) in [4.78, 5) is 46.0. The zero-order valence-corrected chi connectivity index (χ0v) is 21.7. The molecule has 2 unspecified atom stereocenters. The van der Waals surface area contributed by atoms with Crippen LogP contribution in [0.2, 0.25) is 0 Å². The van der Waals surface area contributed by atoms with Crippen molar-refractivity contribution in [3.05, 3.63) is 107 Å². The molecule has 3 aromatic rings. The molecule has 3 aromatic carbocycles. The third kappa shape index (κ3) is 4.63. The number of ether oxygens (including phenoxy) is 1. The van der Waals surface area contributed by atoms with Crippen molar-refractivity contribution in [3.8, 4) is 11.5 Å². The van der Waals surface area contributed by atoms with Gasteiger partial charge in [-0.05, 0) is 48.2 Å². The Morgan fingerprint density at radius 1 is 0.897 bits per heavy atom. The quantitative estimate of drug-likeness (QED) is 0.512. The van der Waals surface area contributed by atoms with Gasteiger partial charge in [0, 0.05) is 20.1 Å². The summed E-state index contributed by atoms with van der Waals surface area (Å²) in [7, 11) is 1.66. The summed E-state index contributed by atoms with van der Waals surface area (Å²) in [6.07, 6.45) is 1.92. The lowest BCUT2D eigenvalue weighted by Gasteiger charge is -2.31. The lowest BCUT2D eigenvalue weighted by atomic mass is 9.95. The monoisotopic (exact) mass is 522 g/mol. The number of urea groups is 1. The van der Waals surface area contributed by atoms with E-state index < -0.39 is 12.1 Å². The van der Waals surface area contributed by atoms with Crippen molar-refractivity contribution in [1.82, 2.24) is 20.0 Å². The first-order chi connectivity index (χ1) is 19.0. The highest BCUT2D eigenvalue weighted by atomic mass is 16.5. The third-order valence-corrected chi connectivity index (χ3v) is 7.64. The molecule has 198 valence electrons. The van der Waals surface area contributed by atoms with Gasteiger partial charge in [-0.25, -0.2) is 4.79 Å². The summed E-state index contributed by atoms with van der Waals surface area (Å²) in [5.74, 6) is 0.959. The zero-order chi connectivity index (χ0) is 26.9. The number of carbonyl (C=O) groups excluding carboxylic acids is 3. The summed E-state index contributed by atoms with van der Waals surface area (Å²) in [6.45, 7) is 1.55. The van der Waals surface area contributed by atoms with Gasteiger partial charge in [0.05, 0.1) is 23.9 Å². The van der Waals surface area contributed by atoms with Crippen molar-refractivity contribution >= 4 is 17.8 Å². The number of likely N-dealkylation sites (tertiary alicyclic amines) is 1. The Morgan fingerprint density at radius 3 is 2.28 bits per heavy atom. The fourth-order valence-electron chi connectivity index (χ4n) is 5.63. The average molecular weight is 523 g/mol. The van der Waals surface area contributed by atoms with Crippen LogP contribution in [0, 0.1) is 0 Å².